The van der Waals surface area contributed by atoms with Crippen molar-refractivity contribution in [3.63, 3.8) is 0 Å². The van der Waals surface area contributed by atoms with Crippen LogP contribution in [0.25, 0.3) is 0 Å². The molecule has 146 valence electrons. The van der Waals surface area contributed by atoms with Gasteiger partial charge in [-0.25, -0.2) is 4.68 Å². The summed E-state index contributed by atoms with van der Waals surface area (Å²) in [5.41, 5.74) is -0.0748. The van der Waals surface area contributed by atoms with Gasteiger partial charge >= 0.3 is 0 Å². The number of anilines is 1. The van der Waals surface area contributed by atoms with E-state index in [0.29, 0.717) is 24.0 Å². The number of hydrogen-bond donors (Lipinski definition) is 1. The number of amides is 1. The Morgan fingerprint density at radius 3 is 2.67 bits per heavy atom. The second kappa shape index (κ2) is 8.41. The molecule has 2 saturated carbocycles. The van der Waals surface area contributed by atoms with E-state index in [1.165, 1.54) is 38.5 Å². The van der Waals surface area contributed by atoms with Gasteiger partial charge in [0.1, 0.15) is 11.3 Å². The van der Waals surface area contributed by atoms with Crippen LogP contribution in [0.4, 0.5) is 5.13 Å². The predicted molar refractivity (Wildman–Crippen MR) is 102 cm³/mol. The second-order valence-corrected chi connectivity index (χ2v) is 9.08. The lowest BCUT2D eigenvalue weighted by atomic mass is 9.71. The maximum absolute atomic E-state index is 12.8. The lowest BCUT2D eigenvalue weighted by Crippen LogP contribution is -2.34. The minimum atomic E-state index is -0.0748. The third kappa shape index (κ3) is 4.69. The fourth-order valence-corrected chi connectivity index (χ4v) is 5.52. The molecule has 2 aromatic rings. The number of hydrogen-bond acceptors (Lipinski definition) is 7. The first-order chi connectivity index (χ1) is 13.2. The summed E-state index contributed by atoms with van der Waals surface area (Å²) < 4.78 is 1.75. The topological polar surface area (TPSA) is 98.5 Å². The van der Waals surface area contributed by atoms with Gasteiger partial charge in [-0.05, 0) is 41.5 Å². The Bertz CT molecular complexity index is 733. The van der Waals surface area contributed by atoms with Crippen LogP contribution in [0.15, 0.2) is 6.33 Å². The van der Waals surface area contributed by atoms with Gasteiger partial charge < -0.3 is 5.32 Å². The van der Waals surface area contributed by atoms with Crippen molar-refractivity contribution in [3.8, 4) is 0 Å². The number of aromatic nitrogens is 6. The van der Waals surface area contributed by atoms with Crippen LogP contribution in [0.3, 0.4) is 0 Å². The lowest BCUT2D eigenvalue weighted by molar-refractivity contribution is -0.119. The molecule has 1 amide bonds. The number of tetrazole rings is 1. The Labute approximate surface area is 163 Å². The van der Waals surface area contributed by atoms with Crippen molar-refractivity contribution >= 4 is 22.4 Å². The molecule has 0 bridgehead atoms. The van der Waals surface area contributed by atoms with Crippen LogP contribution >= 0.6 is 11.3 Å². The Morgan fingerprint density at radius 1 is 1.15 bits per heavy atom. The van der Waals surface area contributed by atoms with Gasteiger partial charge in [-0.15, -0.1) is 15.3 Å². The van der Waals surface area contributed by atoms with Crippen LogP contribution in [0.5, 0.6) is 0 Å². The number of carbonyl (C=O) groups excluding carboxylic acids is 1. The van der Waals surface area contributed by atoms with Crippen LogP contribution in [0, 0.1) is 5.41 Å². The van der Waals surface area contributed by atoms with E-state index < -0.39 is 0 Å². The predicted octanol–water partition coefficient (Wildman–Crippen LogP) is 3.55. The summed E-state index contributed by atoms with van der Waals surface area (Å²) in [4.78, 5) is 12.8. The number of nitrogens with one attached hydrogen (secondary N) is 1. The Morgan fingerprint density at radius 2 is 1.93 bits per heavy atom. The van der Waals surface area contributed by atoms with Gasteiger partial charge in [-0.1, -0.05) is 49.9 Å². The van der Waals surface area contributed by atoms with Crippen LogP contribution in [-0.2, 0) is 11.3 Å². The summed E-state index contributed by atoms with van der Waals surface area (Å²) in [7, 11) is 0. The normalized spacial score (nSPS) is 20.4. The minimum absolute atomic E-state index is 0.0244. The van der Waals surface area contributed by atoms with Crippen molar-refractivity contribution in [1.82, 2.24) is 30.4 Å². The van der Waals surface area contributed by atoms with E-state index in [2.05, 4.69) is 31.0 Å². The average Bonchev–Trinajstić information content (AvgIpc) is 3.35. The zero-order chi connectivity index (χ0) is 18.5. The maximum atomic E-state index is 12.8. The molecule has 2 aromatic heterocycles. The number of nitrogens with zero attached hydrogens (tertiary/aromatic N) is 6. The molecule has 8 nitrogen and oxygen atoms in total. The molecular formula is C18H27N7OS. The summed E-state index contributed by atoms with van der Waals surface area (Å²) in [5, 5.41) is 24.7. The minimum Gasteiger partial charge on any atom is -0.301 e. The quantitative estimate of drug-likeness (QED) is 0.811. The van der Waals surface area contributed by atoms with Crippen molar-refractivity contribution in [2.24, 2.45) is 5.41 Å². The zero-order valence-corrected chi connectivity index (χ0v) is 16.5. The van der Waals surface area contributed by atoms with Gasteiger partial charge in [-0.2, -0.15) is 0 Å². The fourth-order valence-electron chi connectivity index (χ4n) is 4.59. The molecule has 0 saturated heterocycles. The highest BCUT2D eigenvalue weighted by Gasteiger charge is 2.35. The van der Waals surface area contributed by atoms with E-state index in [9.17, 15) is 4.79 Å². The molecule has 0 unspecified atom stereocenters. The van der Waals surface area contributed by atoms with Crippen molar-refractivity contribution in [2.45, 2.75) is 83.1 Å². The highest BCUT2D eigenvalue weighted by Crippen LogP contribution is 2.41. The second-order valence-electron chi connectivity index (χ2n) is 8.07. The maximum Gasteiger partial charge on any atom is 0.226 e. The molecular weight excluding hydrogens is 362 g/mol. The molecule has 27 heavy (non-hydrogen) atoms. The molecule has 2 aliphatic rings. The summed E-state index contributed by atoms with van der Waals surface area (Å²) in [5.74, 6) is 0.544. The van der Waals surface area contributed by atoms with E-state index in [-0.39, 0.29) is 11.3 Å². The van der Waals surface area contributed by atoms with E-state index in [0.717, 1.165) is 30.7 Å². The van der Waals surface area contributed by atoms with Gasteiger partial charge in [0.15, 0.2) is 0 Å². The number of rotatable bonds is 6. The summed E-state index contributed by atoms with van der Waals surface area (Å²) >= 11 is 1.54. The van der Waals surface area contributed by atoms with Crippen LogP contribution < -0.4 is 5.32 Å². The standard InChI is InChI=1S/C18H27N7OS/c26-15(20-17-22-21-16(27-17)14-7-3-1-4-8-14)11-18(9-5-2-6-10-18)12-25-13-19-23-24-25/h13-14H,1-12H2,(H,20,22,26). The third-order valence-corrected chi connectivity index (χ3v) is 6.98. The summed E-state index contributed by atoms with van der Waals surface area (Å²) in [6.45, 7) is 0.691. The first-order valence-corrected chi connectivity index (χ1v) is 10.9. The smallest absolute Gasteiger partial charge is 0.226 e. The largest absolute Gasteiger partial charge is 0.301 e. The molecule has 0 aliphatic heterocycles. The summed E-state index contributed by atoms with van der Waals surface area (Å²) in [6, 6.07) is 0. The molecule has 4 rings (SSSR count). The Hall–Kier alpha value is -1.90. The van der Waals surface area contributed by atoms with Gasteiger partial charge in [0, 0.05) is 12.3 Å². The molecule has 1 N–H and O–H groups in total. The first kappa shape index (κ1) is 18.5. The molecule has 9 heteroatoms. The van der Waals surface area contributed by atoms with E-state index in [1.54, 1.807) is 22.3 Å². The van der Waals surface area contributed by atoms with Gasteiger partial charge in [0.25, 0.3) is 0 Å². The van der Waals surface area contributed by atoms with Crippen molar-refractivity contribution in [2.75, 3.05) is 5.32 Å². The molecule has 2 aliphatic carbocycles. The monoisotopic (exact) mass is 389 g/mol. The molecule has 0 radical (unpaired) electrons. The molecule has 0 atom stereocenters. The Balaban J connectivity index is 1.38. The van der Waals surface area contributed by atoms with Crippen LogP contribution in [0.1, 0.15) is 81.6 Å². The molecule has 0 aromatic carbocycles. The Kier molecular flexibility index (Phi) is 5.75. The van der Waals surface area contributed by atoms with E-state index in [4.69, 9.17) is 0 Å². The average molecular weight is 390 g/mol. The third-order valence-electron chi connectivity index (χ3n) is 5.98. The zero-order valence-electron chi connectivity index (χ0n) is 15.6. The lowest BCUT2D eigenvalue weighted by Gasteiger charge is -2.36. The molecule has 0 spiro atoms. The first-order valence-electron chi connectivity index (χ1n) is 10.1. The van der Waals surface area contributed by atoms with Gasteiger partial charge in [0.2, 0.25) is 11.0 Å². The number of carbonyl (C=O) groups is 1. The SMILES string of the molecule is O=C(CC1(Cn2cnnn2)CCCCC1)Nc1nnc(C2CCCCC2)s1. The van der Waals surface area contributed by atoms with Crippen LogP contribution in [-0.4, -0.2) is 36.3 Å². The highest BCUT2D eigenvalue weighted by atomic mass is 32.1. The van der Waals surface area contributed by atoms with E-state index >= 15 is 0 Å². The molecule has 2 fully saturated rings. The van der Waals surface area contributed by atoms with E-state index in [1.807, 2.05) is 0 Å². The van der Waals surface area contributed by atoms with Crippen LogP contribution in [0.2, 0.25) is 0 Å². The fraction of sp³-hybridized carbons (Fsp3) is 0.778. The van der Waals surface area contributed by atoms with Gasteiger partial charge in [-0.3, -0.25) is 4.79 Å². The highest BCUT2D eigenvalue weighted by molar-refractivity contribution is 7.15. The van der Waals surface area contributed by atoms with Crippen molar-refractivity contribution in [1.29, 1.82) is 0 Å². The van der Waals surface area contributed by atoms with Crippen molar-refractivity contribution in [3.05, 3.63) is 11.3 Å². The van der Waals surface area contributed by atoms with Gasteiger partial charge in [0.05, 0.1) is 6.54 Å². The summed E-state index contributed by atoms with van der Waals surface area (Å²) in [6.07, 6.45) is 14.0. The molecule has 2 heterocycles. The van der Waals surface area contributed by atoms with Crippen molar-refractivity contribution < 1.29 is 4.79 Å².